The van der Waals surface area contributed by atoms with Crippen LogP contribution in [0.5, 0.6) is 0 Å². The quantitative estimate of drug-likeness (QED) is 0.663. The van der Waals surface area contributed by atoms with E-state index >= 15 is 0 Å². The van der Waals surface area contributed by atoms with Gasteiger partial charge < -0.3 is 4.52 Å². The molecule has 1 rings (SSSR count). The first-order valence-electron chi connectivity index (χ1n) is 3.46. The predicted molar refractivity (Wildman–Crippen MR) is 46.6 cm³/mol. The highest BCUT2D eigenvalue weighted by molar-refractivity contribution is 7.66. The van der Waals surface area contributed by atoms with E-state index in [1.54, 1.807) is 12.1 Å². The summed E-state index contributed by atoms with van der Waals surface area (Å²) in [6, 6.07) is 5.92. The maximum Gasteiger partial charge on any atom is 0.231 e. The van der Waals surface area contributed by atoms with Crippen molar-refractivity contribution in [3.05, 3.63) is 30.1 Å². The molecule has 0 bridgehead atoms. The maximum absolute atomic E-state index is 13.0. The van der Waals surface area contributed by atoms with E-state index in [9.17, 15) is 8.96 Å². The molecule has 0 N–H and O–H groups in total. The molecule has 0 spiro atoms. The van der Waals surface area contributed by atoms with Gasteiger partial charge in [0.05, 0.1) is 5.30 Å². The standard InChI is InChI=1S/C8H10FO2P/c1-11-12(2,10)8-6-4-3-5-7(8)9/h3-6H,1-2H3. The molecular weight excluding hydrogens is 178 g/mol. The lowest BCUT2D eigenvalue weighted by molar-refractivity contribution is 0.407. The van der Waals surface area contributed by atoms with Crippen molar-refractivity contribution in [2.45, 2.75) is 0 Å². The van der Waals surface area contributed by atoms with Crippen molar-refractivity contribution in [1.82, 2.24) is 0 Å². The van der Waals surface area contributed by atoms with Gasteiger partial charge in [-0.3, -0.25) is 4.57 Å². The second-order valence-electron chi connectivity index (χ2n) is 2.48. The Morgan fingerprint density at radius 3 is 2.50 bits per heavy atom. The summed E-state index contributed by atoms with van der Waals surface area (Å²) in [5.74, 6) is -0.481. The first kappa shape index (κ1) is 9.43. The normalized spacial score (nSPS) is 15.6. The van der Waals surface area contributed by atoms with Gasteiger partial charge in [0.15, 0.2) is 0 Å². The third kappa shape index (κ3) is 1.74. The van der Waals surface area contributed by atoms with Gasteiger partial charge in [0, 0.05) is 13.8 Å². The largest absolute Gasteiger partial charge is 0.329 e. The van der Waals surface area contributed by atoms with Crippen LogP contribution in [0.15, 0.2) is 24.3 Å². The van der Waals surface area contributed by atoms with Crippen molar-refractivity contribution < 1.29 is 13.5 Å². The highest BCUT2D eigenvalue weighted by atomic mass is 31.2. The number of benzene rings is 1. The van der Waals surface area contributed by atoms with E-state index in [0.717, 1.165) is 0 Å². The molecule has 1 aromatic carbocycles. The molecule has 12 heavy (non-hydrogen) atoms. The Labute approximate surface area is 70.8 Å². The Hall–Kier alpha value is -0.660. The molecule has 0 aliphatic heterocycles. The third-order valence-electron chi connectivity index (χ3n) is 1.64. The minimum absolute atomic E-state index is 0.146. The Morgan fingerprint density at radius 1 is 1.42 bits per heavy atom. The monoisotopic (exact) mass is 188 g/mol. The zero-order valence-electron chi connectivity index (χ0n) is 6.95. The van der Waals surface area contributed by atoms with E-state index < -0.39 is 13.2 Å². The van der Waals surface area contributed by atoms with Gasteiger partial charge in [0.1, 0.15) is 5.82 Å². The van der Waals surface area contributed by atoms with Crippen molar-refractivity contribution in [1.29, 1.82) is 0 Å². The minimum Gasteiger partial charge on any atom is -0.329 e. The fraction of sp³-hybridized carbons (Fsp3) is 0.250. The summed E-state index contributed by atoms with van der Waals surface area (Å²) in [5, 5.41) is 0.146. The van der Waals surface area contributed by atoms with E-state index in [4.69, 9.17) is 4.52 Å². The third-order valence-corrected chi connectivity index (χ3v) is 3.57. The topological polar surface area (TPSA) is 26.3 Å². The summed E-state index contributed by atoms with van der Waals surface area (Å²) in [6.07, 6.45) is 0. The van der Waals surface area contributed by atoms with Crippen molar-refractivity contribution in [2.75, 3.05) is 13.8 Å². The minimum atomic E-state index is -2.94. The number of hydrogen-bond acceptors (Lipinski definition) is 2. The van der Waals surface area contributed by atoms with Crippen LogP contribution in [0, 0.1) is 5.82 Å². The van der Waals surface area contributed by atoms with Crippen LogP contribution >= 0.6 is 7.37 Å². The molecule has 0 aliphatic carbocycles. The number of rotatable bonds is 2. The Balaban J connectivity index is 3.20. The summed E-state index contributed by atoms with van der Waals surface area (Å²) in [5.41, 5.74) is 0. The molecule has 0 radical (unpaired) electrons. The van der Waals surface area contributed by atoms with Gasteiger partial charge in [-0.1, -0.05) is 12.1 Å². The highest BCUT2D eigenvalue weighted by Crippen LogP contribution is 2.40. The van der Waals surface area contributed by atoms with E-state index in [2.05, 4.69) is 0 Å². The van der Waals surface area contributed by atoms with Gasteiger partial charge in [-0.05, 0) is 12.1 Å². The fourth-order valence-electron chi connectivity index (χ4n) is 0.879. The molecule has 0 heterocycles. The molecule has 0 fully saturated rings. The average Bonchev–Trinajstić information content (AvgIpc) is 2.05. The second-order valence-corrected chi connectivity index (χ2v) is 5.02. The maximum atomic E-state index is 13.0. The fourth-order valence-corrected chi connectivity index (χ4v) is 1.90. The van der Waals surface area contributed by atoms with Gasteiger partial charge in [-0.2, -0.15) is 0 Å². The second kappa shape index (κ2) is 3.38. The van der Waals surface area contributed by atoms with Crippen LogP contribution in [0.2, 0.25) is 0 Å². The molecule has 4 heteroatoms. The summed E-state index contributed by atoms with van der Waals surface area (Å²) in [4.78, 5) is 0. The molecule has 0 aliphatic rings. The van der Waals surface area contributed by atoms with Gasteiger partial charge in [0.2, 0.25) is 7.37 Å². The van der Waals surface area contributed by atoms with E-state index in [-0.39, 0.29) is 5.30 Å². The first-order valence-corrected chi connectivity index (χ1v) is 5.53. The smallest absolute Gasteiger partial charge is 0.231 e. The summed E-state index contributed by atoms with van der Waals surface area (Å²) in [7, 11) is -1.63. The number of hydrogen-bond donors (Lipinski definition) is 0. The lowest BCUT2D eigenvalue weighted by atomic mass is 10.3. The van der Waals surface area contributed by atoms with Gasteiger partial charge in [0.25, 0.3) is 0 Å². The van der Waals surface area contributed by atoms with Gasteiger partial charge >= 0.3 is 0 Å². The van der Waals surface area contributed by atoms with Gasteiger partial charge in [-0.25, -0.2) is 4.39 Å². The van der Waals surface area contributed by atoms with Crippen LogP contribution in [0.25, 0.3) is 0 Å². The Bertz CT molecular complexity index is 325. The van der Waals surface area contributed by atoms with Crippen LogP contribution in [0.3, 0.4) is 0 Å². The predicted octanol–water partition coefficient (Wildman–Crippen LogP) is 2.01. The zero-order valence-corrected chi connectivity index (χ0v) is 7.85. The molecule has 0 saturated carbocycles. The van der Waals surface area contributed by atoms with Crippen molar-refractivity contribution >= 4 is 12.7 Å². The lowest BCUT2D eigenvalue weighted by Crippen LogP contribution is -2.09. The molecule has 66 valence electrons. The molecule has 0 amide bonds. The van der Waals surface area contributed by atoms with Crippen LogP contribution in [0.4, 0.5) is 4.39 Å². The molecule has 0 saturated heterocycles. The lowest BCUT2D eigenvalue weighted by Gasteiger charge is -2.10. The zero-order chi connectivity index (χ0) is 9.19. The van der Waals surface area contributed by atoms with Crippen molar-refractivity contribution in [2.24, 2.45) is 0 Å². The molecular formula is C8H10FO2P. The highest BCUT2D eigenvalue weighted by Gasteiger charge is 2.20. The molecule has 0 aromatic heterocycles. The van der Waals surface area contributed by atoms with Crippen molar-refractivity contribution in [3.63, 3.8) is 0 Å². The van der Waals surface area contributed by atoms with Crippen LogP contribution < -0.4 is 5.30 Å². The molecule has 2 nitrogen and oxygen atoms in total. The van der Waals surface area contributed by atoms with Gasteiger partial charge in [-0.15, -0.1) is 0 Å². The molecule has 1 aromatic rings. The molecule has 1 atom stereocenters. The van der Waals surface area contributed by atoms with Crippen LogP contribution in [-0.4, -0.2) is 13.8 Å². The average molecular weight is 188 g/mol. The first-order chi connectivity index (χ1) is 5.58. The van der Waals surface area contributed by atoms with Crippen LogP contribution in [0.1, 0.15) is 0 Å². The summed E-state index contributed by atoms with van der Waals surface area (Å²) in [6.45, 7) is 1.39. The van der Waals surface area contributed by atoms with Crippen LogP contribution in [-0.2, 0) is 9.09 Å². The Kier molecular flexibility index (Phi) is 2.65. The van der Waals surface area contributed by atoms with E-state index in [0.29, 0.717) is 0 Å². The summed E-state index contributed by atoms with van der Waals surface area (Å²) < 4.78 is 29.3. The number of halogens is 1. The Morgan fingerprint density at radius 2 is 2.00 bits per heavy atom. The molecule has 1 unspecified atom stereocenters. The van der Waals surface area contributed by atoms with E-state index in [1.165, 1.54) is 25.9 Å². The SMILES string of the molecule is COP(C)(=O)c1ccccc1F. The van der Waals surface area contributed by atoms with Crippen molar-refractivity contribution in [3.8, 4) is 0 Å². The summed E-state index contributed by atoms with van der Waals surface area (Å²) >= 11 is 0. The van der Waals surface area contributed by atoms with E-state index in [1.807, 2.05) is 0 Å².